The SMILES string of the molecule is O=C(N/N=C\c1ccc2c(ccn2Cc2cccc(F)c2)c1)Nc1ccccc1. The van der Waals surface area contributed by atoms with Gasteiger partial charge in [-0.15, -0.1) is 0 Å². The Morgan fingerprint density at radius 1 is 1.00 bits per heavy atom. The Kier molecular flexibility index (Phi) is 5.33. The van der Waals surface area contributed by atoms with E-state index in [4.69, 9.17) is 0 Å². The molecule has 0 saturated heterocycles. The van der Waals surface area contributed by atoms with Crippen molar-refractivity contribution in [1.29, 1.82) is 0 Å². The van der Waals surface area contributed by atoms with E-state index in [1.54, 1.807) is 30.5 Å². The summed E-state index contributed by atoms with van der Waals surface area (Å²) in [4.78, 5) is 11.8. The lowest BCUT2D eigenvalue weighted by molar-refractivity contribution is 0.252. The number of carbonyl (C=O) groups is 1. The first kappa shape index (κ1) is 18.4. The van der Waals surface area contributed by atoms with E-state index >= 15 is 0 Å². The zero-order valence-electron chi connectivity index (χ0n) is 15.5. The van der Waals surface area contributed by atoms with Crippen molar-refractivity contribution in [3.05, 3.63) is 102 Å². The zero-order chi connectivity index (χ0) is 20.1. The normalized spacial score (nSPS) is 11.1. The highest BCUT2D eigenvalue weighted by Gasteiger charge is 2.04. The van der Waals surface area contributed by atoms with Gasteiger partial charge < -0.3 is 9.88 Å². The molecule has 0 atom stereocenters. The number of benzene rings is 3. The number of rotatable bonds is 5. The van der Waals surface area contributed by atoms with Gasteiger partial charge in [0.1, 0.15) is 5.82 Å². The largest absolute Gasteiger partial charge is 0.343 e. The predicted molar refractivity (Wildman–Crippen MR) is 114 cm³/mol. The van der Waals surface area contributed by atoms with Crippen molar-refractivity contribution in [3.63, 3.8) is 0 Å². The summed E-state index contributed by atoms with van der Waals surface area (Å²) in [7, 11) is 0. The number of para-hydroxylation sites is 1. The van der Waals surface area contributed by atoms with Gasteiger partial charge in [0.2, 0.25) is 0 Å². The molecule has 2 N–H and O–H groups in total. The molecule has 0 saturated carbocycles. The first-order valence-corrected chi connectivity index (χ1v) is 9.16. The van der Waals surface area contributed by atoms with E-state index in [1.807, 2.05) is 54.7 Å². The molecule has 5 nitrogen and oxygen atoms in total. The highest BCUT2D eigenvalue weighted by atomic mass is 19.1. The number of nitrogens with one attached hydrogen (secondary N) is 2. The van der Waals surface area contributed by atoms with Crippen LogP contribution in [-0.4, -0.2) is 16.8 Å². The lowest BCUT2D eigenvalue weighted by atomic mass is 10.1. The minimum atomic E-state index is -0.408. The van der Waals surface area contributed by atoms with Crippen LogP contribution in [0.25, 0.3) is 10.9 Å². The topological polar surface area (TPSA) is 58.4 Å². The number of carbonyl (C=O) groups excluding carboxylic acids is 1. The van der Waals surface area contributed by atoms with Crippen molar-refractivity contribution in [2.75, 3.05) is 5.32 Å². The van der Waals surface area contributed by atoms with Crippen molar-refractivity contribution in [1.82, 2.24) is 9.99 Å². The number of hydrazone groups is 1. The molecule has 0 radical (unpaired) electrons. The second-order valence-electron chi connectivity index (χ2n) is 6.58. The fourth-order valence-electron chi connectivity index (χ4n) is 3.11. The number of hydrogen-bond acceptors (Lipinski definition) is 2. The molecule has 4 aromatic rings. The summed E-state index contributed by atoms with van der Waals surface area (Å²) < 4.78 is 15.5. The minimum Gasteiger partial charge on any atom is -0.343 e. The molecule has 0 aliphatic heterocycles. The minimum absolute atomic E-state index is 0.235. The van der Waals surface area contributed by atoms with Gasteiger partial charge in [-0.3, -0.25) is 0 Å². The van der Waals surface area contributed by atoms with Gasteiger partial charge in [0.05, 0.1) is 6.21 Å². The second-order valence-corrected chi connectivity index (χ2v) is 6.58. The first-order chi connectivity index (χ1) is 14.2. The molecule has 0 aliphatic rings. The van der Waals surface area contributed by atoms with Gasteiger partial charge in [0, 0.05) is 29.3 Å². The molecule has 3 aromatic carbocycles. The Morgan fingerprint density at radius 3 is 2.69 bits per heavy atom. The van der Waals surface area contributed by atoms with Crippen molar-refractivity contribution >= 4 is 28.8 Å². The number of amides is 2. The lowest BCUT2D eigenvalue weighted by Gasteiger charge is -2.06. The maximum Gasteiger partial charge on any atom is 0.339 e. The maximum absolute atomic E-state index is 13.4. The van der Waals surface area contributed by atoms with Gasteiger partial charge in [-0.25, -0.2) is 14.6 Å². The van der Waals surface area contributed by atoms with Gasteiger partial charge in [-0.1, -0.05) is 36.4 Å². The summed E-state index contributed by atoms with van der Waals surface area (Å²) >= 11 is 0. The third kappa shape index (κ3) is 4.68. The van der Waals surface area contributed by atoms with E-state index in [-0.39, 0.29) is 5.82 Å². The number of urea groups is 1. The van der Waals surface area contributed by atoms with E-state index in [1.165, 1.54) is 6.07 Å². The molecule has 6 heteroatoms. The molecular weight excluding hydrogens is 367 g/mol. The Bertz CT molecular complexity index is 1170. The number of fused-ring (bicyclic) bond motifs is 1. The summed E-state index contributed by atoms with van der Waals surface area (Å²) in [5, 5.41) is 7.73. The molecule has 4 rings (SSSR count). The zero-order valence-corrected chi connectivity index (χ0v) is 15.5. The van der Waals surface area contributed by atoms with E-state index in [0.717, 1.165) is 22.0 Å². The fraction of sp³-hybridized carbons (Fsp3) is 0.0435. The molecule has 1 heterocycles. The second kappa shape index (κ2) is 8.39. The summed E-state index contributed by atoms with van der Waals surface area (Å²) in [6.07, 6.45) is 3.57. The molecule has 0 fully saturated rings. The maximum atomic E-state index is 13.4. The van der Waals surface area contributed by atoms with Crippen LogP contribution in [0.3, 0.4) is 0 Å². The van der Waals surface area contributed by atoms with Crippen LogP contribution < -0.4 is 10.7 Å². The molecule has 0 aliphatic carbocycles. The molecule has 1 aromatic heterocycles. The van der Waals surface area contributed by atoms with Gasteiger partial charge in [-0.2, -0.15) is 5.10 Å². The summed E-state index contributed by atoms with van der Waals surface area (Å²) in [5.74, 6) is -0.235. The monoisotopic (exact) mass is 386 g/mol. The van der Waals surface area contributed by atoms with Gasteiger partial charge in [0.25, 0.3) is 0 Å². The Balaban J connectivity index is 1.41. The molecule has 0 unspecified atom stereocenters. The van der Waals surface area contributed by atoms with Crippen LogP contribution >= 0.6 is 0 Å². The van der Waals surface area contributed by atoms with Crippen LogP contribution in [0.15, 0.2) is 90.2 Å². The van der Waals surface area contributed by atoms with Gasteiger partial charge in [-0.05, 0) is 53.6 Å². The molecule has 29 heavy (non-hydrogen) atoms. The standard InChI is InChI=1S/C23H19FN4O/c24-20-6-4-5-18(14-20)16-28-12-11-19-13-17(9-10-22(19)28)15-25-27-23(29)26-21-7-2-1-3-8-21/h1-15H,16H2,(H2,26,27,29)/b25-15-. The Morgan fingerprint density at radius 2 is 1.86 bits per heavy atom. The van der Waals surface area contributed by atoms with Crippen molar-refractivity contribution in [2.45, 2.75) is 6.54 Å². The van der Waals surface area contributed by atoms with E-state index in [9.17, 15) is 9.18 Å². The van der Waals surface area contributed by atoms with Crippen molar-refractivity contribution < 1.29 is 9.18 Å². The van der Waals surface area contributed by atoms with Crippen LogP contribution in [0, 0.1) is 5.82 Å². The summed E-state index contributed by atoms with van der Waals surface area (Å²) in [6.45, 7) is 0.593. The third-order valence-corrected chi connectivity index (χ3v) is 4.45. The smallest absolute Gasteiger partial charge is 0.339 e. The molecule has 0 bridgehead atoms. The number of nitrogens with zero attached hydrogens (tertiary/aromatic N) is 2. The molecule has 144 valence electrons. The number of anilines is 1. The Hall–Kier alpha value is -3.93. The van der Waals surface area contributed by atoms with Crippen molar-refractivity contribution in [3.8, 4) is 0 Å². The third-order valence-electron chi connectivity index (χ3n) is 4.45. The van der Waals surface area contributed by atoms with Crippen LogP contribution in [0.2, 0.25) is 0 Å². The highest BCUT2D eigenvalue weighted by Crippen LogP contribution is 2.19. The Labute approximate surface area is 167 Å². The number of hydrogen-bond donors (Lipinski definition) is 2. The van der Waals surface area contributed by atoms with Crippen LogP contribution in [0.1, 0.15) is 11.1 Å². The number of aromatic nitrogens is 1. The fourth-order valence-corrected chi connectivity index (χ4v) is 3.11. The highest BCUT2D eigenvalue weighted by molar-refractivity contribution is 5.92. The average molecular weight is 386 g/mol. The van der Waals surface area contributed by atoms with Gasteiger partial charge in [0.15, 0.2) is 0 Å². The van der Waals surface area contributed by atoms with Crippen LogP contribution in [-0.2, 0) is 6.54 Å². The lowest BCUT2D eigenvalue weighted by Crippen LogP contribution is -2.24. The first-order valence-electron chi connectivity index (χ1n) is 9.16. The van der Waals surface area contributed by atoms with E-state index in [2.05, 4.69) is 20.4 Å². The molecular formula is C23H19FN4O. The van der Waals surface area contributed by atoms with E-state index < -0.39 is 6.03 Å². The summed E-state index contributed by atoms with van der Waals surface area (Å²) in [5.41, 5.74) is 5.95. The number of halogens is 1. The molecule has 0 spiro atoms. The summed E-state index contributed by atoms with van der Waals surface area (Å²) in [6, 6.07) is 23.2. The van der Waals surface area contributed by atoms with Crippen LogP contribution in [0.5, 0.6) is 0 Å². The van der Waals surface area contributed by atoms with Crippen molar-refractivity contribution in [2.24, 2.45) is 5.10 Å². The van der Waals surface area contributed by atoms with Gasteiger partial charge >= 0.3 is 6.03 Å². The predicted octanol–water partition coefficient (Wildman–Crippen LogP) is 4.98. The average Bonchev–Trinajstić information content (AvgIpc) is 3.11. The van der Waals surface area contributed by atoms with Crippen LogP contribution in [0.4, 0.5) is 14.9 Å². The quantitative estimate of drug-likeness (QED) is 0.369. The molecule has 2 amide bonds. The van der Waals surface area contributed by atoms with E-state index in [0.29, 0.717) is 12.2 Å².